The maximum Gasteiger partial charge on any atom is 0.242 e. The molecule has 2 rings (SSSR count). The molecule has 150 valence electrons. The molecule has 0 aliphatic carbocycles. The van der Waals surface area contributed by atoms with Crippen LogP contribution in [0.15, 0.2) is 48.5 Å². The zero-order chi connectivity index (χ0) is 20.7. The van der Waals surface area contributed by atoms with E-state index < -0.39 is 6.04 Å². The van der Waals surface area contributed by atoms with Gasteiger partial charge in [-0.3, -0.25) is 9.59 Å². The van der Waals surface area contributed by atoms with Gasteiger partial charge in [0.2, 0.25) is 11.8 Å². The van der Waals surface area contributed by atoms with Gasteiger partial charge in [0.15, 0.2) is 0 Å². The molecule has 1 atom stereocenters. The highest BCUT2D eigenvalue weighted by atomic mass is 16.2. The quantitative estimate of drug-likeness (QED) is 0.757. The van der Waals surface area contributed by atoms with Crippen LogP contribution in [-0.4, -0.2) is 35.3 Å². The lowest BCUT2D eigenvalue weighted by atomic mass is 10.0. The molecule has 0 aliphatic rings. The second kappa shape index (κ2) is 10.1. The van der Waals surface area contributed by atoms with Crippen molar-refractivity contribution in [1.82, 2.24) is 10.2 Å². The van der Waals surface area contributed by atoms with Crippen LogP contribution in [0.3, 0.4) is 0 Å². The second-order valence-electron chi connectivity index (χ2n) is 7.76. The fourth-order valence-corrected chi connectivity index (χ4v) is 3.16. The third-order valence-corrected chi connectivity index (χ3v) is 5.01. The van der Waals surface area contributed by atoms with Gasteiger partial charge in [0.1, 0.15) is 6.04 Å². The van der Waals surface area contributed by atoms with Crippen LogP contribution in [-0.2, 0) is 22.4 Å². The number of aryl methyl sites for hydroxylation is 2. The van der Waals surface area contributed by atoms with E-state index in [0.29, 0.717) is 13.0 Å². The van der Waals surface area contributed by atoms with Crippen LogP contribution < -0.4 is 5.32 Å². The summed E-state index contributed by atoms with van der Waals surface area (Å²) in [4.78, 5) is 27.4. The molecular formula is C24H32N2O2. The first-order valence-corrected chi connectivity index (χ1v) is 9.98. The molecule has 0 saturated heterocycles. The van der Waals surface area contributed by atoms with Crippen molar-refractivity contribution in [3.05, 3.63) is 70.8 Å². The van der Waals surface area contributed by atoms with Crippen LogP contribution in [0, 0.1) is 13.8 Å². The molecule has 0 heterocycles. The maximum absolute atomic E-state index is 13.1. The van der Waals surface area contributed by atoms with Crippen molar-refractivity contribution in [2.75, 3.05) is 6.54 Å². The molecule has 4 nitrogen and oxygen atoms in total. The van der Waals surface area contributed by atoms with Crippen molar-refractivity contribution in [3.63, 3.8) is 0 Å². The standard InChI is InChI=1S/C24H32N2O2/c1-17(2)25-24(28)20(5)26(14-13-21-9-7-6-8-10-21)23(27)16-22-12-11-18(3)19(4)15-22/h6-12,15,17,20H,13-14,16H2,1-5H3,(H,25,28)/t20-/m1/s1. The van der Waals surface area contributed by atoms with Gasteiger partial charge < -0.3 is 10.2 Å². The van der Waals surface area contributed by atoms with E-state index in [2.05, 4.69) is 25.2 Å². The summed E-state index contributed by atoms with van der Waals surface area (Å²) in [6.45, 7) is 10.3. The molecule has 2 aromatic rings. The molecule has 2 aromatic carbocycles. The number of nitrogens with zero attached hydrogens (tertiary/aromatic N) is 1. The van der Waals surface area contributed by atoms with Crippen molar-refractivity contribution in [3.8, 4) is 0 Å². The van der Waals surface area contributed by atoms with E-state index in [-0.39, 0.29) is 17.9 Å². The summed E-state index contributed by atoms with van der Waals surface area (Å²) in [7, 11) is 0. The Bertz CT molecular complexity index is 800. The fourth-order valence-electron chi connectivity index (χ4n) is 3.16. The van der Waals surface area contributed by atoms with Gasteiger partial charge in [-0.1, -0.05) is 48.5 Å². The summed E-state index contributed by atoms with van der Waals surface area (Å²) in [6.07, 6.45) is 1.02. The molecule has 28 heavy (non-hydrogen) atoms. The molecular weight excluding hydrogens is 348 g/mol. The number of amides is 2. The highest BCUT2D eigenvalue weighted by molar-refractivity contribution is 5.88. The van der Waals surface area contributed by atoms with Crippen molar-refractivity contribution in [2.24, 2.45) is 0 Å². The molecule has 0 bridgehead atoms. The van der Waals surface area contributed by atoms with Crippen LogP contribution in [0.25, 0.3) is 0 Å². The molecule has 0 spiro atoms. The van der Waals surface area contributed by atoms with Crippen LogP contribution in [0.1, 0.15) is 43.0 Å². The maximum atomic E-state index is 13.1. The molecule has 4 heteroatoms. The Balaban J connectivity index is 2.16. The SMILES string of the molecule is Cc1ccc(CC(=O)N(CCc2ccccc2)[C@H](C)C(=O)NC(C)C)cc1C. The van der Waals surface area contributed by atoms with Crippen molar-refractivity contribution in [2.45, 2.75) is 59.5 Å². The van der Waals surface area contributed by atoms with Gasteiger partial charge in [-0.15, -0.1) is 0 Å². The topological polar surface area (TPSA) is 49.4 Å². The Kier molecular flexibility index (Phi) is 7.80. The fraction of sp³-hybridized carbons (Fsp3) is 0.417. The van der Waals surface area contributed by atoms with E-state index in [0.717, 1.165) is 17.5 Å². The Morgan fingerprint density at radius 3 is 2.21 bits per heavy atom. The number of carbonyl (C=O) groups excluding carboxylic acids is 2. The predicted octanol–water partition coefficient (Wildman–Crippen LogP) is 3.83. The lowest BCUT2D eigenvalue weighted by molar-refractivity contribution is -0.139. The molecule has 0 aliphatic heterocycles. The Morgan fingerprint density at radius 1 is 0.929 bits per heavy atom. The van der Waals surface area contributed by atoms with Gasteiger partial charge in [-0.05, 0) is 63.3 Å². The van der Waals surface area contributed by atoms with E-state index in [1.54, 1.807) is 11.8 Å². The predicted molar refractivity (Wildman–Crippen MR) is 114 cm³/mol. The van der Waals surface area contributed by atoms with Gasteiger partial charge >= 0.3 is 0 Å². The van der Waals surface area contributed by atoms with Crippen LogP contribution in [0.4, 0.5) is 0 Å². The van der Waals surface area contributed by atoms with Crippen molar-refractivity contribution < 1.29 is 9.59 Å². The summed E-state index contributed by atoms with van der Waals surface area (Å²) >= 11 is 0. The summed E-state index contributed by atoms with van der Waals surface area (Å²) in [5.74, 6) is -0.137. The first-order valence-electron chi connectivity index (χ1n) is 9.98. The van der Waals surface area contributed by atoms with Gasteiger partial charge in [0, 0.05) is 12.6 Å². The number of carbonyl (C=O) groups is 2. The minimum atomic E-state index is -0.509. The molecule has 0 unspecified atom stereocenters. The largest absolute Gasteiger partial charge is 0.352 e. The average molecular weight is 381 g/mol. The smallest absolute Gasteiger partial charge is 0.242 e. The minimum Gasteiger partial charge on any atom is -0.352 e. The summed E-state index contributed by atoms with van der Waals surface area (Å²) < 4.78 is 0. The molecule has 0 fully saturated rings. The van der Waals surface area contributed by atoms with Gasteiger partial charge in [-0.2, -0.15) is 0 Å². The van der Waals surface area contributed by atoms with Crippen LogP contribution in [0.2, 0.25) is 0 Å². The van der Waals surface area contributed by atoms with Gasteiger partial charge in [0.05, 0.1) is 6.42 Å². The molecule has 0 aromatic heterocycles. The van der Waals surface area contributed by atoms with E-state index in [1.165, 1.54) is 11.1 Å². The molecule has 0 saturated carbocycles. The van der Waals surface area contributed by atoms with Crippen molar-refractivity contribution in [1.29, 1.82) is 0 Å². The number of nitrogens with one attached hydrogen (secondary N) is 1. The average Bonchev–Trinajstić information content (AvgIpc) is 2.65. The van der Waals surface area contributed by atoms with Crippen LogP contribution in [0.5, 0.6) is 0 Å². The Labute approximate surface area is 169 Å². The lowest BCUT2D eigenvalue weighted by Crippen LogP contribution is -2.50. The first kappa shape index (κ1) is 21.7. The van der Waals surface area contributed by atoms with Crippen molar-refractivity contribution >= 4 is 11.8 Å². The lowest BCUT2D eigenvalue weighted by Gasteiger charge is -2.29. The van der Waals surface area contributed by atoms with E-state index in [1.807, 2.05) is 56.3 Å². The number of hydrogen-bond donors (Lipinski definition) is 1. The number of hydrogen-bond acceptors (Lipinski definition) is 2. The zero-order valence-corrected chi connectivity index (χ0v) is 17.7. The van der Waals surface area contributed by atoms with Crippen LogP contribution >= 0.6 is 0 Å². The first-order chi connectivity index (χ1) is 13.3. The van der Waals surface area contributed by atoms with Gasteiger partial charge in [-0.25, -0.2) is 0 Å². The summed E-state index contributed by atoms with van der Waals surface area (Å²) in [5, 5.41) is 2.92. The summed E-state index contributed by atoms with van der Waals surface area (Å²) in [6, 6.07) is 15.7. The second-order valence-corrected chi connectivity index (χ2v) is 7.76. The number of rotatable bonds is 8. The summed E-state index contributed by atoms with van der Waals surface area (Å²) in [5.41, 5.74) is 4.52. The van der Waals surface area contributed by atoms with E-state index in [9.17, 15) is 9.59 Å². The zero-order valence-electron chi connectivity index (χ0n) is 17.7. The third kappa shape index (κ3) is 6.22. The Morgan fingerprint density at radius 2 is 1.61 bits per heavy atom. The highest BCUT2D eigenvalue weighted by Crippen LogP contribution is 2.13. The van der Waals surface area contributed by atoms with E-state index >= 15 is 0 Å². The molecule has 2 amide bonds. The molecule has 0 radical (unpaired) electrons. The minimum absolute atomic E-state index is 0.0226. The third-order valence-electron chi connectivity index (χ3n) is 5.01. The molecule has 1 N–H and O–H groups in total. The Hall–Kier alpha value is -2.62. The normalized spacial score (nSPS) is 11.9. The van der Waals surface area contributed by atoms with Gasteiger partial charge in [0.25, 0.3) is 0 Å². The number of benzene rings is 2. The van der Waals surface area contributed by atoms with E-state index in [4.69, 9.17) is 0 Å². The monoisotopic (exact) mass is 380 g/mol. The highest BCUT2D eigenvalue weighted by Gasteiger charge is 2.26.